The maximum Gasteiger partial charge on any atom is 0.406 e. The van der Waals surface area contributed by atoms with Crippen molar-refractivity contribution in [3.05, 3.63) is 97.8 Å². The van der Waals surface area contributed by atoms with Gasteiger partial charge in [0.05, 0.1) is 10.2 Å². The molecule has 39 heavy (non-hydrogen) atoms. The number of benzene rings is 1. The number of nitro groups is 1. The molecular formula is C28H26BrFN6O3. The molecule has 0 unspecified atom stereocenters. The molecule has 0 N–H and O–H groups in total. The van der Waals surface area contributed by atoms with Crippen molar-refractivity contribution in [3.8, 4) is 17.0 Å². The number of aromatic nitrogens is 5. The molecule has 0 radical (unpaired) electrons. The van der Waals surface area contributed by atoms with Crippen molar-refractivity contribution in [2.45, 2.75) is 39.8 Å². The first-order valence-electron chi connectivity index (χ1n) is 12.4. The van der Waals surface area contributed by atoms with E-state index < -0.39 is 22.7 Å². The monoisotopic (exact) mass is 592 g/mol. The molecule has 11 heteroatoms. The lowest BCUT2D eigenvalue weighted by atomic mass is 9.95. The molecule has 0 amide bonds. The standard InChI is InChI=1S/C28H26BrFN6O3/c1-5-35-15-18(22-8-6-16(2)32-27(22)35)10-19-14-34(4)33-26(19)23-9-7-21(30)12-24(23)17(3)39-25-11-20(29)13-31-28(25)36(37)38/h6-9,11-15,17H,5,10H2,1-4H3/t17-/m1/s1. The molecule has 4 heterocycles. The maximum absolute atomic E-state index is 14.5. The van der Waals surface area contributed by atoms with Gasteiger partial charge in [0.2, 0.25) is 5.75 Å². The van der Waals surface area contributed by atoms with Crippen molar-refractivity contribution in [2.75, 3.05) is 0 Å². The van der Waals surface area contributed by atoms with Gasteiger partial charge in [0.15, 0.2) is 6.20 Å². The topological polar surface area (TPSA) is 101 Å². The maximum atomic E-state index is 14.5. The van der Waals surface area contributed by atoms with Gasteiger partial charge in [-0.15, -0.1) is 0 Å². The van der Waals surface area contributed by atoms with Crippen LogP contribution in [0, 0.1) is 22.9 Å². The second-order valence-electron chi connectivity index (χ2n) is 9.34. The minimum absolute atomic E-state index is 0.0199. The van der Waals surface area contributed by atoms with Crippen molar-refractivity contribution in [1.82, 2.24) is 24.3 Å². The van der Waals surface area contributed by atoms with Gasteiger partial charge >= 0.3 is 5.82 Å². The fraction of sp³-hybridized carbons (Fsp3) is 0.250. The summed E-state index contributed by atoms with van der Waals surface area (Å²) in [5.74, 6) is -0.887. The zero-order valence-electron chi connectivity index (χ0n) is 21.9. The lowest BCUT2D eigenvalue weighted by molar-refractivity contribution is -0.390. The van der Waals surface area contributed by atoms with Crippen molar-refractivity contribution < 1.29 is 14.1 Å². The van der Waals surface area contributed by atoms with Crippen LogP contribution in [0.4, 0.5) is 10.2 Å². The number of nitrogens with zero attached hydrogens (tertiary/aromatic N) is 6. The number of fused-ring (bicyclic) bond motifs is 1. The van der Waals surface area contributed by atoms with Crippen LogP contribution in [-0.2, 0) is 20.0 Å². The van der Waals surface area contributed by atoms with Gasteiger partial charge < -0.3 is 19.4 Å². The molecule has 0 aliphatic rings. The molecule has 0 saturated carbocycles. The minimum atomic E-state index is -0.741. The molecule has 9 nitrogen and oxygen atoms in total. The average molecular weight is 593 g/mol. The molecule has 0 spiro atoms. The summed E-state index contributed by atoms with van der Waals surface area (Å²) < 4.78 is 24.9. The van der Waals surface area contributed by atoms with Crippen LogP contribution in [0.1, 0.15) is 42.3 Å². The number of pyridine rings is 2. The molecule has 4 aromatic heterocycles. The van der Waals surface area contributed by atoms with Gasteiger partial charge in [-0.25, -0.2) is 9.37 Å². The number of aryl methyl sites for hydroxylation is 3. The highest BCUT2D eigenvalue weighted by molar-refractivity contribution is 9.10. The summed E-state index contributed by atoms with van der Waals surface area (Å²) in [7, 11) is 1.84. The molecular weight excluding hydrogens is 567 g/mol. The first kappa shape index (κ1) is 26.5. The molecule has 0 bridgehead atoms. The Bertz CT molecular complexity index is 1710. The highest BCUT2D eigenvalue weighted by atomic mass is 79.9. The van der Waals surface area contributed by atoms with E-state index in [4.69, 9.17) is 14.8 Å². The summed E-state index contributed by atoms with van der Waals surface area (Å²) in [6.45, 7) is 6.57. The molecule has 5 rings (SSSR count). The van der Waals surface area contributed by atoms with Gasteiger partial charge in [0.1, 0.15) is 17.6 Å². The Morgan fingerprint density at radius 2 is 1.97 bits per heavy atom. The fourth-order valence-electron chi connectivity index (χ4n) is 4.79. The van der Waals surface area contributed by atoms with E-state index in [0.29, 0.717) is 27.7 Å². The van der Waals surface area contributed by atoms with Crippen LogP contribution < -0.4 is 4.74 Å². The zero-order valence-corrected chi connectivity index (χ0v) is 23.4. The molecule has 5 aromatic rings. The second kappa shape index (κ2) is 10.6. The van der Waals surface area contributed by atoms with Crippen LogP contribution in [-0.4, -0.2) is 29.2 Å². The van der Waals surface area contributed by atoms with Gasteiger partial charge in [0, 0.05) is 66.2 Å². The van der Waals surface area contributed by atoms with E-state index in [1.165, 1.54) is 24.4 Å². The zero-order chi connectivity index (χ0) is 27.8. The molecule has 0 aliphatic heterocycles. The molecule has 0 saturated heterocycles. The van der Waals surface area contributed by atoms with Crippen LogP contribution in [0.2, 0.25) is 0 Å². The fourth-order valence-corrected chi connectivity index (χ4v) is 5.10. The van der Waals surface area contributed by atoms with Crippen LogP contribution >= 0.6 is 15.9 Å². The Morgan fingerprint density at radius 1 is 1.18 bits per heavy atom. The van der Waals surface area contributed by atoms with E-state index in [9.17, 15) is 14.5 Å². The van der Waals surface area contributed by atoms with E-state index in [-0.39, 0.29) is 5.75 Å². The third-order valence-electron chi connectivity index (χ3n) is 6.55. The van der Waals surface area contributed by atoms with Gasteiger partial charge in [-0.1, -0.05) is 0 Å². The van der Waals surface area contributed by atoms with Crippen molar-refractivity contribution in [2.24, 2.45) is 7.05 Å². The summed E-state index contributed by atoms with van der Waals surface area (Å²) in [4.78, 5) is 19.5. The second-order valence-corrected chi connectivity index (χ2v) is 10.3. The molecule has 0 aliphatic carbocycles. The number of ether oxygens (including phenoxy) is 1. The van der Waals surface area contributed by atoms with E-state index in [1.54, 1.807) is 17.7 Å². The number of rotatable bonds is 8. The predicted octanol–water partition coefficient (Wildman–Crippen LogP) is 6.70. The average Bonchev–Trinajstić information content (AvgIpc) is 3.42. The largest absolute Gasteiger partial charge is 0.478 e. The lowest BCUT2D eigenvalue weighted by Gasteiger charge is -2.18. The van der Waals surface area contributed by atoms with Crippen molar-refractivity contribution in [1.29, 1.82) is 0 Å². The summed E-state index contributed by atoms with van der Waals surface area (Å²) >= 11 is 3.28. The molecule has 200 valence electrons. The number of hydrogen-bond acceptors (Lipinski definition) is 6. The lowest BCUT2D eigenvalue weighted by Crippen LogP contribution is -2.08. The summed E-state index contributed by atoms with van der Waals surface area (Å²) in [5, 5.41) is 17.3. The van der Waals surface area contributed by atoms with Gasteiger partial charge in [-0.05, 0) is 82.5 Å². The smallest absolute Gasteiger partial charge is 0.406 e. The van der Waals surface area contributed by atoms with Crippen molar-refractivity contribution in [3.63, 3.8) is 0 Å². The summed E-state index contributed by atoms with van der Waals surface area (Å²) in [5.41, 5.74) is 5.82. The van der Waals surface area contributed by atoms with Crippen molar-refractivity contribution >= 4 is 32.8 Å². The van der Waals surface area contributed by atoms with E-state index in [1.807, 2.05) is 26.2 Å². The molecule has 1 aromatic carbocycles. The van der Waals surface area contributed by atoms with Gasteiger partial charge in [0.25, 0.3) is 0 Å². The highest BCUT2D eigenvalue weighted by Gasteiger charge is 2.24. The highest BCUT2D eigenvalue weighted by Crippen LogP contribution is 2.37. The van der Waals surface area contributed by atoms with Crippen LogP contribution in [0.5, 0.6) is 5.75 Å². The van der Waals surface area contributed by atoms with Gasteiger partial charge in [-0.3, -0.25) is 4.68 Å². The number of hydrogen-bond donors (Lipinski definition) is 0. The van der Waals surface area contributed by atoms with E-state index in [0.717, 1.165) is 34.4 Å². The Hall–Kier alpha value is -4.12. The third-order valence-corrected chi connectivity index (χ3v) is 6.99. The quantitative estimate of drug-likeness (QED) is 0.147. The number of halogens is 2. The Balaban J connectivity index is 1.56. The Kier molecular flexibility index (Phi) is 7.17. The molecule has 1 atom stereocenters. The minimum Gasteiger partial charge on any atom is -0.478 e. The van der Waals surface area contributed by atoms with E-state index >= 15 is 0 Å². The van der Waals surface area contributed by atoms with Crippen LogP contribution in [0.15, 0.2) is 59.5 Å². The molecule has 0 fully saturated rings. The van der Waals surface area contributed by atoms with E-state index in [2.05, 4.69) is 44.7 Å². The summed E-state index contributed by atoms with van der Waals surface area (Å²) in [6.07, 6.45) is 5.24. The first-order valence-corrected chi connectivity index (χ1v) is 13.2. The Labute approximate surface area is 232 Å². The SMILES string of the molecule is CCn1cc(Cc2cn(C)nc2-c2ccc(F)cc2[C@@H](C)Oc2cc(Br)cnc2[N+](=O)[O-])c2ccc(C)nc21. The van der Waals surface area contributed by atoms with Gasteiger partial charge in [-0.2, -0.15) is 5.10 Å². The summed E-state index contributed by atoms with van der Waals surface area (Å²) in [6, 6.07) is 10.0. The Morgan fingerprint density at radius 3 is 2.72 bits per heavy atom. The predicted molar refractivity (Wildman–Crippen MR) is 149 cm³/mol. The first-order chi connectivity index (χ1) is 18.6. The normalized spacial score (nSPS) is 12.2. The van der Waals surface area contributed by atoms with Crippen LogP contribution in [0.3, 0.4) is 0 Å². The third kappa shape index (κ3) is 5.26. The van der Waals surface area contributed by atoms with Crippen LogP contribution in [0.25, 0.3) is 22.3 Å².